The predicted octanol–water partition coefficient (Wildman–Crippen LogP) is 2.68. The van der Waals surface area contributed by atoms with Gasteiger partial charge < -0.3 is 14.6 Å². The molecular formula is C16H18N2O3. The molecule has 1 aromatic carbocycles. The quantitative estimate of drug-likeness (QED) is 0.882. The van der Waals surface area contributed by atoms with E-state index >= 15 is 0 Å². The van der Waals surface area contributed by atoms with Gasteiger partial charge in [-0.05, 0) is 32.0 Å². The van der Waals surface area contributed by atoms with E-state index in [4.69, 9.17) is 4.74 Å². The number of aromatic nitrogens is 1. The van der Waals surface area contributed by atoms with Crippen molar-refractivity contribution in [1.29, 1.82) is 0 Å². The molecule has 0 fully saturated rings. The second-order valence-corrected chi connectivity index (χ2v) is 4.84. The molecular weight excluding hydrogens is 268 g/mol. The van der Waals surface area contributed by atoms with E-state index in [2.05, 4.69) is 5.32 Å². The van der Waals surface area contributed by atoms with Gasteiger partial charge in [0, 0.05) is 18.4 Å². The van der Waals surface area contributed by atoms with Gasteiger partial charge >= 0.3 is 5.97 Å². The number of carbonyl (C=O) groups excluding carboxylic acids is 2. The molecule has 1 aromatic heterocycles. The molecule has 0 aliphatic rings. The van der Waals surface area contributed by atoms with Crippen LogP contribution in [0.15, 0.2) is 30.3 Å². The second kappa shape index (κ2) is 5.83. The highest BCUT2D eigenvalue weighted by Gasteiger charge is 2.17. The van der Waals surface area contributed by atoms with Crippen molar-refractivity contribution in [2.24, 2.45) is 7.05 Å². The van der Waals surface area contributed by atoms with E-state index in [1.165, 1.54) is 7.11 Å². The van der Waals surface area contributed by atoms with Crippen molar-refractivity contribution < 1.29 is 14.3 Å². The van der Waals surface area contributed by atoms with Crippen LogP contribution in [0.1, 0.15) is 32.1 Å². The van der Waals surface area contributed by atoms with Gasteiger partial charge in [-0.15, -0.1) is 0 Å². The number of rotatable bonds is 3. The largest absolute Gasteiger partial charge is 0.465 e. The van der Waals surface area contributed by atoms with E-state index in [-0.39, 0.29) is 5.91 Å². The first-order valence-electron chi connectivity index (χ1n) is 6.57. The Labute approximate surface area is 123 Å². The molecule has 2 rings (SSSR count). The maximum absolute atomic E-state index is 12.4. The molecule has 0 radical (unpaired) electrons. The number of anilines is 1. The highest BCUT2D eigenvalue weighted by atomic mass is 16.5. The summed E-state index contributed by atoms with van der Waals surface area (Å²) in [4.78, 5) is 24.1. The molecule has 21 heavy (non-hydrogen) atoms. The number of nitrogens with one attached hydrogen (secondary N) is 1. The minimum atomic E-state index is -0.480. The van der Waals surface area contributed by atoms with Gasteiger partial charge in [0.05, 0.1) is 23.9 Å². The van der Waals surface area contributed by atoms with Crippen molar-refractivity contribution in [3.8, 4) is 0 Å². The summed E-state index contributed by atoms with van der Waals surface area (Å²) in [6.07, 6.45) is 0. The Morgan fingerprint density at radius 2 is 1.81 bits per heavy atom. The molecule has 1 amide bonds. The Kier molecular flexibility index (Phi) is 4.12. The molecule has 0 spiro atoms. The van der Waals surface area contributed by atoms with Crippen LogP contribution >= 0.6 is 0 Å². The van der Waals surface area contributed by atoms with E-state index in [1.54, 1.807) is 24.3 Å². The van der Waals surface area contributed by atoms with Crippen molar-refractivity contribution in [1.82, 2.24) is 4.57 Å². The molecule has 2 aromatic rings. The maximum Gasteiger partial charge on any atom is 0.339 e. The van der Waals surface area contributed by atoms with Crippen molar-refractivity contribution in [3.05, 3.63) is 52.8 Å². The lowest BCUT2D eigenvalue weighted by atomic mass is 10.1. The van der Waals surface area contributed by atoms with Crippen molar-refractivity contribution in [2.75, 3.05) is 12.4 Å². The molecule has 110 valence electrons. The monoisotopic (exact) mass is 286 g/mol. The summed E-state index contributed by atoms with van der Waals surface area (Å²) in [5.41, 5.74) is 3.24. The highest BCUT2D eigenvalue weighted by Crippen LogP contribution is 2.19. The lowest BCUT2D eigenvalue weighted by Crippen LogP contribution is -2.16. The average Bonchev–Trinajstić information content (AvgIpc) is 2.74. The van der Waals surface area contributed by atoms with E-state index in [0.717, 1.165) is 11.4 Å². The van der Waals surface area contributed by atoms with Crippen LogP contribution in [0.25, 0.3) is 0 Å². The molecule has 0 aliphatic heterocycles. The fraction of sp³-hybridized carbons (Fsp3) is 0.250. The second-order valence-electron chi connectivity index (χ2n) is 4.84. The number of hydrogen-bond donors (Lipinski definition) is 1. The van der Waals surface area contributed by atoms with E-state index in [0.29, 0.717) is 16.8 Å². The molecule has 0 bridgehead atoms. The summed E-state index contributed by atoms with van der Waals surface area (Å²) in [5, 5.41) is 2.77. The number of para-hydroxylation sites is 1. The van der Waals surface area contributed by atoms with Crippen LogP contribution in [-0.4, -0.2) is 23.6 Å². The van der Waals surface area contributed by atoms with Crippen LogP contribution < -0.4 is 5.32 Å². The summed E-state index contributed by atoms with van der Waals surface area (Å²) in [7, 11) is 3.22. The van der Waals surface area contributed by atoms with Gasteiger partial charge in [0.1, 0.15) is 0 Å². The number of carbonyl (C=O) groups is 2. The zero-order chi connectivity index (χ0) is 15.6. The van der Waals surface area contributed by atoms with Gasteiger partial charge in [-0.3, -0.25) is 4.79 Å². The minimum Gasteiger partial charge on any atom is -0.465 e. The van der Waals surface area contributed by atoms with E-state index < -0.39 is 5.97 Å². The van der Waals surface area contributed by atoms with Gasteiger partial charge in [0.2, 0.25) is 0 Å². The molecule has 0 saturated heterocycles. The topological polar surface area (TPSA) is 60.3 Å². The Balaban J connectivity index is 2.32. The van der Waals surface area contributed by atoms with Crippen LogP contribution in [0.5, 0.6) is 0 Å². The van der Waals surface area contributed by atoms with Gasteiger partial charge in [0.15, 0.2) is 0 Å². The molecule has 0 unspecified atom stereocenters. The molecule has 0 atom stereocenters. The van der Waals surface area contributed by atoms with E-state index in [9.17, 15) is 9.59 Å². The van der Waals surface area contributed by atoms with Crippen LogP contribution in [0.3, 0.4) is 0 Å². The number of ether oxygens (including phenoxy) is 1. The molecule has 1 N–H and O–H groups in total. The Bertz CT molecular complexity index is 702. The zero-order valence-electron chi connectivity index (χ0n) is 12.6. The number of amides is 1. The van der Waals surface area contributed by atoms with Gasteiger partial charge in [-0.25, -0.2) is 4.79 Å². The van der Waals surface area contributed by atoms with Gasteiger partial charge in [-0.2, -0.15) is 0 Å². The fourth-order valence-electron chi connectivity index (χ4n) is 2.15. The van der Waals surface area contributed by atoms with Crippen LogP contribution in [-0.2, 0) is 11.8 Å². The predicted molar refractivity (Wildman–Crippen MR) is 80.6 cm³/mol. The number of benzene rings is 1. The first-order valence-corrected chi connectivity index (χ1v) is 6.57. The highest BCUT2D eigenvalue weighted by molar-refractivity contribution is 6.08. The van der Waals surface area contributed by atoms with Crippen LogP contribution in [0, 0.1) is 13.8 Å². The van der Waals surface area contributed by atoms with Crippen LogP contribution in [0.4, 0.5) is 5.69 Å². The van der Waals surface area contributed by atoms with Crippen LogP contribution in [0.2, 0.25) is 0 Å². The SMILES string of the molecule is COC(=O)c1ccccc1NC(=O)c1cc(C)n(C)c1C. The number of nitrogens with zero attached hydrogens (tertiary/aromatic N) is 1. The summed E-state index contributed by atoms with van der Waals surface area (Å²) in [6.45, 7) is 3.82. The number of esters is 1. The number of methoxy groups -OCH3 is 1. The maximum atomic E-state index is 12.4. The standard InChI is InChI=1S/C16H18N2O3/c1-10-9-13(11(2)18(10)3)15(19)17-14-8-6-5-7-12(14)16(20)21-4/h5-9H,1-4H3,(H,17,19). The fourth-order valence-corrected chi connectivity index (χ4v) is 2.15. The normalized spacial score (nSPS) is 10.3. The lowest BCUT2D eigenvalue weighted by molar-refractivity contribution is 0.0602. The summed E-state index contributed by atoms with van der Waals surface area (Å²) < 4.78 is 6.66. The summed E-state index contributed by atoms with van der Waals surface area (Å²) >= 11 is 0. The first-order chi connectivity index (χ1) is 9.95. The molecule has 5 nitrogen and oxygen atoms in total. The first kappa shape index (κ1) is 14.8. The smallest absolute Gasteiger partial charge is 0.339 e. The zero-order valence-corrected chi connectivity index (χ0v) is 12.6. The summed E-state index contributed by atoms with van der Waals surface area (Å²) in [6, 6.07) is 8.59. The Morgan fingerprint density at radius 3 is 2.38 bits per heavy atom. The van der Waals surface area contributed by atoms with Gasteiger partial charge in [0.25, 0.3) is 5.91 Å². The minimum absolute atomic E-state index is 0.243. The number of aryl methyl sites for hydroxylation is 1. The van der Waals surface area contributed by atoms with E-state index in [1.807, 2.05) is 31.5 Å². The Morgan fingerprint density at radius 1 is 1.14 bits per heavy atom. The third kappa shape index (κ3) is 2.81. The molecule has 0 saturated carbocycles. The third-order valence-corrected chi connectivity index (χ3v) is 3.60. The number of hydrogen-bond acceptors (Lipinski definition) is 3. The molecule has 5 heteroatoms. The average molecular weight is 286 g/mol. The molecule has 1 heterocycles. The summed E-state index contributed by atoms with van der Waals surface area (Å²) in [5.74, 6) is -0.723. The Hall–Kier alpha value is -2.56. The lowest BCUT2D eigenvalue weighted by Gasteiger charge is -2.09. The van der Waals surface area contributed by atoms with Crippen molar-refractivity contribution in [2.45, 2.75) is 13.8 Å². The van der Waals surface area contributed by atoms with Crippen molar-refractivity contribution >= 4 is 17.6 Å². The molecule has 0 aliphatic carbocycles. The van der Waals surface area contributed by atoms with Crippen molar-refractivity contribution in [3.63, 3.8) is 0 Å². The van der Waals surface area contributed by atoms with Gasteiger partial charge in [-0.1, -0.05) is 12.1 Å². The third-order valence-electron chi connectivity index (χ3n) is 3.60.